The molecule has 0 aliphatic rings. The number of pyridine rings is 1. The molecule has 19 heavy (non-hydrogen) atoms. The lowest BCUT2D eigenvalue weighted by Crippen LogP contribution is -2.29. The molecule has 0 spiro atoms. The molecule has 2 N–H and O–H groups in total. The lowest BCUT2D eigenvalue weighted by Gasteiger charge is -2.04. The van der Waals surface area contributed by atoms with Crippen molar-refractivity contribution < 1.29 is 4.79 Å². The van der Waals surface area contributed by atoms with Crippen LogP contribution in [0, 0.1) is 0 Å². The molecule has 0 bridgehead atoms. The summed E-state index contributed by atoms with van der Waals surface area (Å²) in [6.07, 6.45) is 0. The third-order valence-electron chi connectivity index (χ3n) is 2.65. The molecule has 0 saturated carbocycles. The zero-order valence-electron chi connectivity index (χ0n) is 10.4. The van der Waals surface area contributed by atoms with E-state index in [4.69, 9.17) is 11.6 Å². The number of carbonyl (C=O) groups is 1. The minimum atomic E-state index is -0.404. The largest absolute Gasteiger partial charge is 0.352 e. The number of H-pyrrole nitrogens is 1. The Kier molecular flexibility index (Phi) is 4.02. The third-order valence-corrected chi connectivity index (χ3v) is 2.90. The van der Waals surface area contributed by atoms with Crippen molar-refractivity contribution in [3.05, 3.63) is 57.3 Å². The zero-order chi connectivity index (χ0) is 13.8. The van der Waals surface area contributed by atoms with E-state index >= 15 is 0 Å². The fraction of sp³-hybridized carbons (Fsp3) is 0.143. The highest BCUT2D eigenvalue weighted by atomic mass is 35.5. The topological polar surface area (TPSA) is 62.0 Å². The highest BCUT2D eigenvalue weighted by Crippen LogP contribution is 2.18. The molecule has 1 aromatic carbocycles. The van der Waals surface area contributed by atoms with Crippen LogP contribution in [0.1, 0.15) is 17.3 Å². The second kappa shape index (κ2) is 5.71. The highest BCUT2D eigenvalue weighted by molar-refractivity contribution is 6.30. The molecule has 5 heteroatoms. The molecule has 4 nitrogen and oxygen atoms in total. The van der Waals surface area contributed by atoms with Crippen LogP contribution in [0.25, 0.3) is 11.3 Å². The van der Waals surface area contributed by atoms with E-state index in [1.807, 2.05) is 0 Å². The molecule has 0 unspecified atom stereocenters. The Balaban J connectivity index is 2.36. The summed E-state index contributed by atoms with van der Waals surface area (Å²) in [6, 6.07) is 10.3. The molecule has 0 aliphatic carbocycles. The minimum absolute atomic E-state index is 0.111. The van der Waals surface area contributed by atoms with Gasteiger partial charge in [-0.1, -0.05) is 23.7 Å². The van der Waals surface area contributed by atoms with Crippen molar-refractivity contribution in [3.8, 4) is 11.3 Å². The van der Waals surface area contributed by atoms with Gasteiger partial charge in [-0.2, -0.15) is 0 Å². The maximum atomic E-state index is 11.9. The summed E-state index contributed by atoms with van der Waals surface area (Å²) in [6.45, 7) is 2.28. The Bertz CT molecular complexity index is 647. The van der Waals surface area contributed by atoms with Crippen LogP contribution in [0.15, 0.2) is 41.2 Å². The number of benzene rings is 1. The van der Waals surface area contributed by atoms with E-state index < -0.39 is 5.56 Å². The van der Waals surface area contributed by atoms with Crippen LogP contribution in [-0.2, 0) is 0 Å². The quantitative estimate of drug-likeness (QED) is 0.904. The summed E-state index contributed by atoms with van der Waals surface area (Å²) in [7, 11) is 0. The van der Waals surface area contributed by atoms with Crippen molar-refractivity contribution in [3.63, 3.8) is 0 Å². The van der Waals surface area contributed by atoms with Crippen LogP contribution in [0.5, 0.6) is 0 Å². The molecular formula is C14H13ClN2O2. The molecule has 1 heterocycles. The van der Waals surface area contributed by atoms with Gasteiger partial charge >= 0.3 is 0 Å². The Labute approximate surface area is 115 Å². The van der Waals surface area contributed by atoms with Crippen molar-refractivity contribution in [2.75, 3.05) is 6.54 Å². The predicted molar refractivity (Wildman–Crippen MR) is 75.5 cm³/mol. The fourth-order valence-electron chi connectivity index (χ4n) is 1.71. The van der Waals surface area contributed by atoms with Crippen molar-refractivity contribution in [1.82, 2.24) is 10.3 Å². The first kappa shape index (κ1) is 13.4. The maximum Gasteiger partial charge on any atom is 0.261 e. The van der Waals surface area contributed by atoms with Gasteiger partial charge in [0.05, 0.1) is 0 Å². The SMILES string of the molecule is CCNC(=O)c1ccc(-c2ccc(Cl)cc2)[nH]c1=O. The number of aromatic nitrogens is 1. The van der Waals surface area contributed by atoms with Gasteiger partial charge in [0.1, 0.15) is 5.56 Å². The van der Waals surface area contributed by atoms with Gasteiger partial charge in [-0.15, -0.1) is 0 Å². The summed E-state index contributed by atoms with van der Waals surface area (Å²) in [5, 5.41) is 3.22. The number of aromatic amines is 1. The van der Waals surface area contributed by atoms with Crippen molar-refractivity contribution >= 4 is 17.5 Å². The molecule has 0 atom stereocenters. The summed E-state index contributed by atoms with van der Waals surface area (Å²) in [5.74, 6) is -0.369. The number of halogens is 1. The number of rotatable bonds is 3. The molecule has 0 aliphatic heterocycles. The average molecular weight is 277 g/mol. The number of carbonyl (C=O) groups excluding carboxylic acids is 1. The van der Waals surface area contributed by atoms with Gasteiger partial charge < -0.3 is 10.3 Å². The van der Waals surface area contributed by atoms with Gasteiger partial charge in [0.2, 0.25) is 0 Å². The van der Waals surface area contributed by atoms with Crippen LogP contribution in [0.4, 0.5) is 0 Å². The van der Waals surface area contributed by atoms with Crippen LogP contribution < -0.4 is 10.9 Å². The van der Waals surface area contributed by atoms with E-state index in [0.717, 1.165) is 5.56 Å². The van der Waals surface area contributed by atoms with Crippen LogP contribution >= 0.6 is 11.6 Å². The zero-order valence-corrected chi connectivity index (χ0v) is 11.1. The van der Waals surface area contributed by atoms with Gasteiger partial charge in [-0.25, -0.2) is 0 Å². The molecule has 0 saturated heterocycles. The third kappa shape index (κ3) is 3.03. The molecule has 0 radical (unpaired) electrons. The monoisotopic (exact) mass is 276 g/mol. The van der Waals surface area contributed by atoms with Gasteiger partial charge in [-0.05, 0) is 36.8 Å². The highest BCUT2D eigenvalue weighted by Gasteiger charge is 2.10. The summed E-state index contributed by atoms with van der Waals surface area (Å²) in [4.78, 5) is 26.2. The van der Waals surface area contributed by atoms with E-state index in [1.165, 1.54) is 6.07 Å². The summed E-state index contributed by atoms with van der Waals surface area (Å²) < 4.78 is 0. The van der Waals surface area contributed by atoms with Gasteiger partial charge in [0.25, 0.3) is 11.5 Å². The van der Waals surface area contributed by atoms with Crippen molar-refractivity contribution in [2.24, 2.45) is 0 Å². The van der Waals surface area contributed by atoms with E-state index in [-0.39, 0.29) is 11.5 Å². The fourth-order valence-corrected chi connectivity index (χ4v) is 1.83. The standard InChI is InChI=1S/C14H13ClN2O2/c1-2-16-13(18)11-7-8-12(17-14(11)19)9-3-5-10(15)6-4-9/h3-8H,2H2,1H3,(H,16,18)(H,17,19). The van der Waals surface area contributed by atoms with Crippen molar-refractivity contribution in [1.29, 1.82) is 0 Å². The van der Waals surface area contributed by atoms with Crippen LogP contribution in [0.3, 0.4) is 0 Å². The van der Waals surface area contributed by atoms with E-state index in [0.29, 0.717) is 17.3 Å². The predicted octanol–water partition coefficient (Wildman–Crippen LogP) is 2.45. The Morgan fingerprint density at radius 2 is 1.89 bits per heavy atom. The molecule has 2 rings (SSSR count). The smallest absolute Gasteiger partial charge is 0.261 e. The Morgan fingerprint density at radius 3 is 2.47 bits per heavy atom. The van der Waals surface area contributed by atoms with Gasteiger partial charge in [0.15, 0.2) is 0 Å². The number of nitrogens with one attached hydrogen (secondary N) is 2. The van der Waals surface area contributed by atoms with E-state index in [9.17, 15) is 9.59 Å². The maximum absolute atomic E-state index is 11.9. The Hall–Kier alpha value is -2.07. The minimum Gasteiger partial charge on any atom is -0.352 e. The van der Waals surface area contributed by atoms with Gasteiger partial charge in [-0.3, -0.25) is 9.59 Å². The normalized spacial score (nSPS) is 10.2. The van der Waals surface area contributed by atoms with Crippen LogP contribution in [-0.4, -0.2) is 17.4 Å². The second-order valence-electron chi connectivity index (χ2n) is 3.98. The molecule has 1 aromatic heterocycles. The number of amides is 1. The first-order chi connectivity index (χ1) is 9.11. The number of hydrogen-bond acceptors (Lipinski definition) is 2. The lowest BCUT2D eigenvalue weighted by molar-refractivity contribution is 0.0954. The first-order valence-electron chi connectivity index (χ1n) is 5.89. The Morgan fingerprint density at radius 1 is 1.21 bits per heavy atom. The number of hydrogen-bond donors (Lipinski definition) is 2. The van der Waals surface area contributed by atoms with E-state index in [1.54, 1.807) is 37.3 Å². The molecule has 2 aromatic rings. The molecular weight excluding hydrogens is 264 g/mol. The van der Waals surface area contributed by atoms with Gasteiger partial charge in [0, 0.05) is 17.3 Å². The lowest BCUT2D eigenvalue weighted by atomic mass is 10.1. The molecule has 0 fully saturated rings. The average Bonchev–Trinajstić information content (AvgIpc) is 2.39. The van der Waals surface area contributed by atoms with E-state index in [2.05, 4.69) is 10.3 Å². The molecule has 1 amide bonds. The second-order valence-corrected chi connectivity index (χ2v) is 4.42. The molecule has 98 valence electrons. The van der Waals surface area contributed by atoms with Crippen molar-refractivity contribution in [2.45, 2.75) is 6.92 Å². The summed E-state index contributed by atoms with van der Waals surface area (Å²) in [5.41, 5.74) is 1.19. The summed E-state index contributed by atoms with van der Waals surface area (Å²) >= 11 is 5.81. The first-order valence-corrected chi connectivity index (χ1v) is 6.27. The van der Waals surface area contributed by atoms with Crippen LogP contribution in [0.2, 0.25) is 5.02 Å².